The van der Waals surface area contributed by atoms with Crippen LogP contribution in [0.1, 0.15) is 50.7 Å². The van der Waals surface area contributed by atoms with E-state index in [4.69, 9.17) is 9.73 Å². The summed E-state index contributed by atoms with van der Waals surface area (Å²) in [6.07, 6.45) is 4.62. The molecule has 0 unspecified atom stereocenters. The molecule has 3 heteroatoms. The molecule has 2 aromatic carbocycles. The van der Waals surface area contributed by atoms with Crippen molar-refractivity contribution in [2.45, 2.75) is 50.0 Å². The monoisotopic (exact) mass is 352 g/mol. The van der Waals surface area contributed by atoms with Crippen molar-refractivity contribution in [1.82, 2.24) is 0 Å². The van der Waals surface area contributed by atoms with Crippen molar-refractivity contribution in [3.05, 3.63) is 59.7 Å². The first-order chi connectivity index (χ1) is 12.2. The molecule has 25 heavy (non-hydrogen) atoms. The van der Waals surface area contributed by atoms with E-state index < -0.39 is 0 Å². The number of hydrogen-bond donors (Lipinski definition) is 0. The van der Waals surface area contributed by atoms with Crippen LogP contribution in [0, 0.1) is 6.07 Å². The van der Waals surface area contributed by atoms with Gasteiger partial charge in [0.25, 0.3) is 0 Å². The molecule has 1 radical (unpaired) electrons. The van der Waals surface area contributed by atoms with Crippen LogP contribution in [0.3, 0.4) is 0 Å². The number of unbranched alkanes of at least 4 members (excludes halogenated alkanes) is 1. The molecule has 1 aliphatic heterocycles. The van der Waals surface area contributed by atoms with Gasteiger partial charge in [-0.2, -0.15) is 0 Å². The van der Waals surface area contributed by atoms with Crippen molar-refractivity contribution in [3.8, 4) is 5.75 Å². The summed E-state index contributed by atoms with van der Waals surface area (Å²) >= 11 is 1.91. The van der Waals surface area contributed by atoms with Gasteiger partial charge in [-0.1, -0.05) is 57.0 Å². The zero-order valence-electron chi connectivity index (χ0n) is 15.3. The summed E-state index contributed by atoms with van der Waals surface area (Å²) in [5.41, 5.74) is 3.43. The molecule has 1 aliphatic rings. The molecule has 0 saturated carbocycles. The van der Waals surface area contributed by atoms with Gasteiger partial charge in [0.2, 0.25) is 0 Å². The first kappa shape index (κ1) is 18.1. The van der Waals surface area contributed by atoms with Gasteiger partial charge in [-0.3, -0.25) is 4.99 Å². The standard InChI is InChI=1S/C22H26NOS/c1-4-6-14-22(5-2)16-25-20-13-12-18(24-3)15-19(20)21(23-22)17-10-8-7-9-11-17/h7-11,13,15H,4-6,14,16H2,1-3H3/t22-/m1/s1. The average molecular weight is 353 g/mol. The Labute approximate surface area is 155 Å². The number of nitrogens with zero attached hydrogens (tertiary/aromatic N) is 1. The van der Waals surface area contributed by atoms with Gasteiger partial charge < -0.3 is 4.74 Å². The van der Waals surface area contributed by atoms with Crippen molar-refractivity contribution in [2.24, 2.45) is 4.99 Å². The van der Waals surface area contributed by atoms with E-state index >= 15 is 0 Å². The maximum Gasteiger partial charge on any atom is 0.127 e. The largest absolute Gasteiger partial charge is 0.496 e. The molecule has 2 nitrogen and oxygen atoms in total. The van der Waals surface area contributed by atoms with E-state index in [1.807, 2.05) is 11.8 Å². The summed E-state index contributed by atoms with van der Waals surface area (Å²) in [6, 6.07) is 17.9. The summed E-state index contributed by atoms with van der Waals surface area (Å²) < 4.78 is 5.43. The maximum atomic E-state index is 5.43. The highest BCUT2D eigenvalue weighted by Crippen LogP contribution is 2.39. The molecule has 0 bridgehead atoms. The predicted octanol–water partition coefficient (Wildman–Crippen LogP) is 5.78. The van der Waals surface area contributed by atoms with Crippen LogP contribution in [-0.4, -0.2) is 24.1 Å². The zero-order valence-corrected chi connectivity index (χ0v) is 16.2. The summed E-state index contributed by atoms with van der Waals surface area (Å²) in [5.74, 6) is 1.79. The van der Waals surface area contributed by atoms with Crippen LogP contribution in [0.5, 0.6) is 5.75 Å². The highest BCUT2D eigenvalue weighted by molar-refractivity contribution is 7.99. The van der Waals surface area contributed by atoms with Gasteiger partial charge in [-0.15, -0.1) is 11.8 Å². The van der Waals surface area contributed by atoms with Crippen LogP contribution in [0.2, 0.25) is 0 Å². The van der Waals surface area contributed by atoms with Crippen molar-refractivity contribution in [1.29, 1.82) is 0 Å². The molecule has 1 atom stereocenters. The van der Waals surface area contributed by atoms with Crippen LogP contribution < -0.4 is 4.74 Å². The number of thioether (sulfide) groups is 1. The Balaban J connectivity index is 2.16. The van der Waals surface area contributed by atoms with Gasteiger partial charge >= 0.3 is 0 Å². The average Bonchev–Trinajstić information content (AvgIpc) is 2.84. The smallest absolute Gasteiger partial charge is 0.127 e. The molecule has 0 N–H and O–H groups in total. The second kappa shape index (κ2) is 8.09. The van der Waals surface area contributed by atoms with Gasteiger partial charge in [-0.25, -0.2) is 0 Å². The van der Waals surface area contributed by atoms with E-state index in [9.17, 15) is 0 Å². The minimum absolute atomic E-state index is 0.00188. The van der Waals surface area contributed by atoms with E-state index in [2.05, 4.69) is 62.4 Å². The van der Waals surface area contributed by atoms with Gasteiger partial charge in [-0.05, 0) is 25.0 Å². The Morgan fingerprint density at radius 1 is 1.24 bits per heavy atom. The minimum Gasteiger partial charge on any atom is -0.496 e. The van der Waals surface area contributed by atoms with Gasteiger partial charge in [0.15, 0.2) is 0 Å². The van der Waals surface area contributed by atoms with E-state index in [1.165, 1.54) is 28.9 Å². The van der Waals surface area contributed by atoms with Crippen LogP contribution in [0.4, 0.5) is 0 Å². The molecule has 1 heterocycles. The van der Waals surface area contributed by atoms with Crippen molar-refractivity contribution in [3.63, 3.8) is 0 Å². The lowest BCUT2D eigenvalue weighted by molar-refractivity contribution is 0.413. The lowest BCUT2D eigenvalue weighted by atomic mass is 9.91. The minimum atomic E-state index is -0.00188. The summed E-state index contributed by atoms with van der Waals surface area (Å²) in [4.78, 5) is 6.62. The first-order valence-corrected chi connectivity index (χ1v) is 10.1. The van der Waals surface area contributed by atoms with Crippen LogP contribution >= 0.6 is 11.8 Å². The molecule has 0 spiro atoms. The normalized spacial score (nSPS) is 19.7. The van der Waals surface area contributed by atoms with Crippen molar-refractivity contribution in [2.75, 3.05) is 12.9 Å². The Morgan fingerprint density at radius 3 is 2.72 bits per heavy atom. The molecule has 0 aromatic heterocycles. The van der Waals surface area contributed by atoms with E-state index in [1.54, 1.807) is 7.11 Å². The SMILES string of the molecule is CCCC[C@]1(CC)CSc2c[c]c(OC)cc2C(c2ccccc2)=N1. The molecule has 0 amide bonds. The third-order valence-corrected chi connectivity index (χ3v) is 6.24. The number of aliphatic imine (C=N–C) groups is 1. The van der Waals surface area contributed by atoms with Crippen molar-refractivity contribution >= 4 is 17.5 Å². The maximum absolute atomic E-state index is 5.43. The van der Waals surface area contributed by atoms with Gasteiger partial charge in [0.05, 0.1) is 18.4 Å². The fourth-order valence-corrected chi connectivity index (χ4v) is 4.52. The zero-order chi connectivity index (χ0) is 17.7. The molecular weight excluding hydrogens is 326 g/mol. The molecule has 131 valence electrons. The molecule has 0 saturated heterocycles. The molecule has 0 aliphatic carbocycles. The number of fused-ring (bicyclic) bond motifs is 1. The second-order valence-corrected chi connectivity index (χ2v) is 7.59. The lowest BCUT2D eigenvalue weighted by Crippen LogP contribution is -2.29. The quantitative estimate of drug-likeness (QED) is 0.657. The van der Waals surface area contributed by atoms with Crippen LogP contribution in [0.15, 0.2) is 52.4 Å². The van der Waals surface area contributed by atoms with Crippen LogP contribution in [0.25, 0.3) is 0 Å². The van der Waals surface area contributed by atoms with E-state index in [0.29, 0.717) is 0 Å². The number of rotatable bonds is 6. The summed E-state index contributed by atoms with van der Waals surface area (Å²) in [5, 5.41) is 0. The number of methoxy groups -OCH3 is 1. The Bertz CT molecular complexity index is 741. The number of hydrogen-bond acceptors (Lipinski definition) is 3. The lowest BCUT2D eigenvalue weighted by Gasteiger charge is -2.28. The highest BCUT2D eigenvalue weighted by atomic mass is 32.2. The molecule has 3 rings (SSSR count). The molecular formula is C22H26NOS. The fourth-order valence-electron chi connectivity index (χ4n) is 3.23. The van der Waals surface area contributed by atoms with Crippen molar-refractivity contribution < 1.29 is 4.74 Å². The first-order valence-electron chi connectivity index (χ1n) is 9.09. The van der Waals surface area contributed by atoms with E-state index in [0.717, 1.165) is 30.1 Å². The topological polar surface area (TPSA) is 21.6 Å². The van der Waals surface area contributed by atoms with Gasteiger partial charge in [0, 0.05) is 27.8 Å². The van der Waals surface area contributed by atoms with Gasteiger partial charge in [0.1, 0.15) is 5.75 Å². The third-order valence-electron chi connectivity index (χ3n) is 4.91. The van der Waals surface area contributed by atoms with E-state index in [-0.39, 0.29) is 5.54 Å². The number of benzene rings is 2. The Kier molecular flexibility index (Phi) is 5.85. The summed E-state index contributed by atoms with van der Waals surface area (Å²) in [6.45, 7) is 4.52. The number of ether oxygens (including phenoxy) is 1. The summed E-state index contributed by atoms with van der Waals surface area (Å²) in [7, 11) is 1.69. The Hall–Kier alpha value is -1.74. The predicted molar refractivity (Wildman–Crippen MR) is 107 cm³/mol. The third kappa shape index (κ3) is 3.92. The second-order valence-electron chi connectivity index (χ2n) is 6.58. The molecule has 2 aromatic rings. The molecule has 0 fully saturated rings. The Morgan fingerprint density at radius 2 is 2.04 bits per heavy atom. The fraction of sp³-hybridized carbons (Fsp3) is 0.409. The highest BCUT2D eigenvalue weighted by Gasteiger charge is 2.32. The van der Waals surface area contributed by atoms with Crippen LogP contribution in [-0.2, 0) is 0 Å².